The zero-order valence-electron chi connectivity index (χ0n) is 23.9. The lowest BCUT2D eigenvalue weighted by atomic mass is 9.77. The number of aldehydes is 1. The normalized spacial score (nSPS) is 22.7. The molecule has 10 heteroatoms. The number of piperidine rings is 1. The fourth-order valence-electron chi connectivity index (χ4n) is 6.64. The lowest BCUT2D eigenvalue weighted by Crippen LogP contribution is -2.55. The summed E-state index contributed by atoms with van der Waals surface area (Å²) in [6.07, 6.45) is 7.31. The smallest absolute Gasteiger partial charge is 0.383 e. The summed E-state index contributed by atoms with van der Waals surface area (Å²) < 4.78 is 55.7. The number of alkyl halides is 3. The van der Waals surface area contributed by atoms with Crippen LogP contribution in [-0.2, 0) is 11.0 Å². The van der Waals surface area contributed by atoms with E-state index >= 15 is 0 Å². The van der Waals surface area contributed by atoms with Crippen molar-refractivity contribution in [3.05, 3.63) is 88.4 Å². The second-order valence-corrected chi connectivity index (χ2v) is 11.6. The Bertz CT molecular complexity index is 1430. The summed E-state index contributed by atoms with van der Waals surface area (Å²) in [5.41, 5.74) is -0.358. The molecule has 228 valence electrons. The Morgan fingerprint density at radius 2 is 1.81 bits per heavy atom. The molecule has 1 unspecified atom stereocenters. The summed E-state index contributed by atoms with van der Waals surface area (Å²) in [7, 11) is 0. The SMILES string of the molecule is Cc1cccc(F)c1C(=O)N1CCC[C@H](C(=O)Nc2ccc(C=O)c(C(F)(F)F)c2)C1[C@@H]1C=CC(NC2CCCC2)=CC1. The largest absolute Gasteiger partial charge is 0.417 e. The topological polar surface area (TPSA) is 78.5 Å². The van der Waals surface area contributed by atoms with E-state index in [2.05, 4.69) is 16.7 Å². The molecule has 2 amide bonds. The van der Waals surface area contributed by atoms with Crippen molar-refractivity contribution in [3.8, 4) is 0 Å². The molecule has 2 N–H and O–H groups in total. The number of halogens is 4. The van der Waals surface area contributed by atoms with Crippen molar-refractivity contribution in [2.24, 2.45) is 11.8 Å². The Hall–Kier alpha value is -3.95. The van der Waals surface area contributed by atoms with Crippen LogP contribution in [0.15, 0.2) is 60.3 Å². The van der Waals surface area contributed by atoms with Crippen LogP contribution < -0.4 is 10.6 Å². The highest BCUT2D eigenvalue weighted by atomic mass is 19.4. The van der Waals surface area contributed by atoms with E-state index in [4.69, 9.17) is 0 Å². The molecule has 2 fully saturated rings. The number of hydrogen-bond donors (Lipinski definition) is 2. The van der Waals surface area contributed by atoms with Crippen LogP contribution in [0.1, 0.15) is 76.8 Å². The van der Waals surface area contributed by atoms with Gasteiger partial charge in [-0.25, -0.2) is 4.39 Å². The Morgan fingerprint density at radius 1 is 1.05 bits per heavy atom. The maximum absolute atomic E-state index is 14.9. The summed E-state index contributed by atoms with van der Waals surface area (Å²) >= 11 is 0. The fraction of sp³-hybridized carbons (Fsp3) is 0.424. The van der Waals surface area contributed by atoms with E-state index in [0.717, 1.165) is 30.7 Å². The predicted molar refractivity (Wildman–Crippen MR) is 155 cm³/mol. The van der Waals surface area contributed by atoms with E-state index in [1.54, 1.807) is 17.9 Å². The fourth-order valence-corrected chi connectivity index (χ4v) is 6.64. The van der Waals surface area contributed by atoms with Crippen LogP contribution in [0.2, 0.25) is 0 Å². The first-order valence-corrected chi connectivity index (χ1v) is 14.7. The molecular formula is C33H35F4N3O3. The molecule has 2 aromatic rings. The number of anilines is 1. The van der Waals surface area contributed by atoms with E-state index in [1.807, 2.05) is 12.2 Å². The first-order valence-electron chi connectivity index (χ1n) is 14.7. The lowest BCUT2D eigenvalue weighted by Gasteiger charge is -2.44. The van der Waals surface area contributed by atoms with Gasteiger partial charge in [0.25, 0.3) is 5.91 Å². The van der Waals surface area contributed by atoms with E-state index in [9.17, 15) is 31.9 Å². The average Bonchev–Trinajstić information content (AvgIpc) is 3.49. The number of nitrogens with one attached hydrogen (secondary N) is 2. The molecule has 1 aliphatic heterocycles. The Kier molecular flexibility index (Phi) is 9.03. The van der Waals surface area contributed by atoms with Crippen LogP contribution in [0.4, 0.5) is 23.2 Å². The van der Waals surface area contributed by atoms with Gasteiger partial charge in [0.15, 0.2) is 6.29 Å². The van der Waals surface area contributed by atoms with E-state index in [1.165, 1.54) is 31.0 Å². The second-order valence-electron chi connectivity index (χ2n) is 11.6. The lowest BCUT2D eigenvalue weighted by molar-refractivity contribution is -0.137. The van der Waals surface area contributed by atoms with Crippen molar-refractivity contribution in [1.82, 2.24) is 10.2 Å². The molecule has 1 saturated heterocycles. The standard InChI is InChI=1S/C33H35F4N3O3/c1-20-6-4-10-28(34)29(20)32(43)40-17-5-9-26(30(40)21-11-14-24(15-12-21)38-23-7-2-3-8-23)31(42)39-25-16-13-22(19-41)27(18-25)33(35,36)37/h4,6,10-11,13-16,18-19,21,23,26,30,38H,2-3,5,7-9,12,17H2,1H3,(H,39,42)/t21-,26+,30?/m1/s1. The van der Waals surface area contributed by atoms with Crippen LogP contribution in [-0.4, -0.2) is 41.6 Å². The number of carbonyl (C=O) groups is 3. The number of allylic oxidation sites excluding steroid dienone is 2. The first-order chi connectivity index (χ1) is 20.6. The van der Waals surface area contributed by atoms with E-state index < -0.39 is 46.9 Å². The zero-order valence-corrected chi connectivity index (χ0v) is 23.9. The number of carbonyl (C=O) groups excluding carboxylic acids is 3. The molecule has 0 bridgehead atoms. The second kappa shape index (κ2) is 12.7. The van der Waals surface area contributed by atoms with E-state index in [-0.39, 0.29) is 23.5 Å². The van der Waals surface area contributed by atoms with Crippen molar-refractivity contribution in [3.63, 3.8) is 0 Å². The molecule has 0 spiro atoms. The monoisotopic (exact) mass is 597 g/mol. The number of amides is 2. The molecule has 1 heterocycles. The van der Waals surface area contributed by atoms with Crippen LogP contribution in [0.3, 0.4) is 0 Å². The zero-order chi connectivity index (χ0) is 30.7. The van der Waals surface area contributed by atoms with Gasteiger partial charge < -0.3 is 15.5 Å². The Balaban J connectivity index is 1.44. The predicted octanol–water partition coefficient (Wildman–Crippen LogP) is 6.82. The molecule has 1 saturated carbocycles. The molecule has 2 aromatic carbocycles. The molecule has 2 aliphatic carbocycles. The first kappa shape index (κ1) is 30.5. The van der Waals surface area contributed by atoms with Gasteiger partial charge in [0.1, 0.15) is 5.82 Å². The van der Waals surface area contributed by atoms with Gasteiger partial charge in [-0.05, 0) is 74.9 Å². The maximum atomic E-state index is 14.9. The summed E-state index contributed by atoms with van der Waals surface area (Å²) in [4.78, 5) is 40.4. The molecule has 43 heavy (non-hydrogen) atoms. The van der Waals surface area contributed by atoms with Gasteiger partial charge >= 0.3 is 6.18 Å². The van der Waals surface area contributed by atoms with E-state index in [0.29, 0.717) is 37.4 Å². The van der Waals surface area contributed by atoms with Crippen molar-refractivity contribution in [2.45, 2.75) is 70.1 Å². The minimum atomic E-state index is -4.78. The van der Waals surface area contributed by atoms with Crippen molar-refractivity contribution in [2.75, 3.05) is 11.9 Å². The van der Waals surface area contributed by atoms with Gasteiger partial charge in [-0.2, -0.15) is 13.2 Å². The summed E-state index contributed by atoms with van der Waals surface area (Å²) in [6.45, 7) is 1.97. The maximum Gasteiger partial charge on any atom is 0.417 e. The summed E-state index contributed by atoms with van der Waals surface area (Å²) in [5.74, 6) is -2.74. The Morgan fingerprint density at radius 3 is 2.47 bits per heavy atom. The highest BCUT2D eigenvalue weighted by molar-refractivity contribution is 5.98. The number of rotatable bonds is 7. The molecule has 6 nitrogen and oxygen atoms in total. The number of likely N-dealkylation sites (tertiary alicyclic amines) is 1. The number of aryl methyl sites for hydroxylation is 1. The van der Waals surface area contributed by atoms with Gasteiger partial charge in [0.2, 0.25) is 5.91 Å². The minimum absolute atomic E-state index is 0.0493. The quantitative estimate of drug-likeness (QED) is 0.271. The average molecular weight is 598 g/mol. The van der Waals surface area contributed by atoms with Crippen molar-refractivity contribution >= 4 is 23.8 Å². The van der Waals surface area contributed by atoms with Gasteiger partial charge in [-0.1, -0.05) is 37.1 Å². The van der Waals surface area contributed by atoms with Gasteiger partial charge in [-0.15, -0.1) is 0 Å². The molecule has 5 rings (SSSR count). The number of hydrogen-bond acceptors (Lipinski definition) is 4. The third kappa shape index (κ3) is 6.68. The molecule has 3 aliphatic rings. The van der Waals surface area contributed by atoms with Gasteiger partial charge in [0, 0.05) is 35.5 Å². The van der Waals surface area contributed by atoms with Crippen molar-refractivity contribution < 1.29 is 31.9 Å². The molecule has 0 aromatic heterocycles. The Labute approximate surface area is 248 Å². The van der Waals surface area contributed by atoms with Crippen LogP contribution >= 0.6 is 0 Å². The molecule has 0 radical (unpaired) electrons. The highest BCUT2D eigenvalue weighted by Crippen LogP contribution is 2.37. The third-order valence-corrected chi connectivity index (χ3v) is 8.77. The molecular weight excluding hydrogens is 562 g/mol. The van der Waals surface area contributed by atoms with Gasteiger partial charge in [0.05, 0.1) is 23.1 Å². The van der Waals surface area contributed by atoms with Crippen LogP contribution in [0.25, 0.3) is 0 Å². The molecule has 3 atom stereocenters. The third-order valence-electron chi connectivity index (χ3n) is 8.77. The van der Waals surface area contributed by atoms with Crippen molar-refractivity contribution in [1.29, 1.82) is 0 Å². The number of nitrogens with zero attached hydrogens (tertiary/aromatic N) is 1. The number of benzene rings is 2. The van der Waals surface area contributed by atoms with Crippen LogP contribution in [0, 0.1) is 24.6 Å². The van der Waals surface area contributed by atoms with Gasteiger partial charge in [-0.3, -0.25) is 14.4 Å². The summed E-state index contributed by atoms with van der Waals surface area (Å²) in [5, 5.41) is 6.16. The minimum Gasteiger partial charge on any atom is -0.383 e. The summed E-state index contributed by atoms with van der Waals surface area (Å²) in [6, 6.07) is 7.20. The highest BCUT2D eigenvalue weighted by Gasteiger charge is 2.43. The van der Waals surface area contributed by atoms with Crippen LogP contribution in [0.5, 0.6) is 0 Å².